The number of carbonyl (C=O) groups is 1. The predicted octanol–water partition coefficient (Wildman–Crippen LogP) is 2.14. The van der Waals surface area contributed by atoms with Crippen LogP contribution in [0.5, 0.6) is 0 Å². The number of nitrogens with one attached hydrogen (secondary N) is 2. The van der Waals surface area contributed by atoms with Gasteiger partial charge >= 0.3 is 0 Å². The molecule has 0 bridgehead atoms. The summed E-state index contributed by atoms with van der Waals surface area (Å²) >= 11 is 0. The smallest absolute Gasteiger partial charge is 0.246 e. The summed E-state index contributed by atoms with van der Waals surface area (Å²) in [5.74, 6) is -1.78. The summed E-state index contributed by atoms with van der Waals surface area (Å²) in [5.41, 5.74) is 0.198. The molecule has 5 nitrogen and oxygen atoms in total. The number of anilines is 2. The first kappa shape index (κ1) is 14.0. The van der Waals surface area contributed by atoms with E-state index in [2.05, 4.69) is 15.7 Å². The monoisotopic (exact) mass is 280 g/mol. The molecule has 0 aliphatic rings. The number of halogens is 2. The number of hydrogen-bond acceptors (Lipinski definition) is 3. The van der Waals surface area contributed by atoms with Gasteiger partial charge in [0.05, 0.1) is 0 Å². The van der Waals surface area contributed by atoms with Crippen molar-refractivity contribution < 1.29 is 13.6 Å². The van der Waals surface area contributed by atoms with E-state index in [1.807, 2.05) is 0 Å². The highest BCUT2D eigenvalue weighted by Gasteiger charge is 2.14. The Morgan fingerprint density at radius 1 is 1.30 bits per heavy atom. The Morgan fingerprint density at radius 3 is 2.65 bits per heavy atom. The Labute approximate surface area is 114 Å². The molecule has 0 saturated carbocycles. The van der Waals surface area contributed by atoms with E-state index in [4.69, 9.17) is 0 Å². The second-order valence-corrected chi connectivity index (χ2v) is 4.36. The Kier molecular flexibility index (Phi) is 3.97. The Balaban J connectivity index is 1.98. The van der Waals surface area contributed by atoms with Crippen LogP contribution < -0.4 is 10.6 Å². The SMILES string of the molecule is CC(Nc1ccn(C)n1)C(=O)Nc1ccc(F)c(F)c1. The van der Waals surface area contributed by atoms with Crippen LogP contribution >= 0.6 is 0 Å². The molecule has 0 aliphatic carbocycles. The van der Waals surface area contributed by atoms with E-state index in [1.54, 1.807) is 30.9 Å². The van der Waals surface area contributed by atoms with E-state index in [0.717, 1.165) is 12.1 Å². The quantitative estimate of drug-likeness (QED) is 0.902. The van der Waals surface area contributed by atoms with E-state index in [1.165, 1.54) is 6.07 Å². The molecule has 1 aromatic carbocycles. The van der Waals surface area contributed by atoms with Gasteiger partial charge in [0.1, 0.15) is 11.9 Å². The van der Waals surface area contributed by atoms with Gasteiger partial charge in [0.15, 0.2) is 11.6 Å². The summed E-state index contributed by atoms with van der Waals surface area (Å²) in [6, 6.07) is 4.34. The van der Waals surface area contributed by atoms with Gasteiger partial charge in [-0.3, -0.25) is 9.48 Å². The zero-order valence-electron chi connectivity index (χ0n) is 11.0. The van der Waals surface area contributed by atoms with Crippen LogP contribution in [0.4, 0.5) is 20.3 Å². The molecular weight excluding hydrogens is 266 g/mol. The number of rotatable bonds is 4. The molecule has 1 atom stereocenters. The van der Waals surface area contributed by atoms with Crippen LogP contribution in [0.3, 0.4) is 0 Å². The van der Waals surface area contributed by atoms with Gasteiger partial charge in [-0.05, 0) is 19.1 Å². The van der Waals surface area contributed by atoms with Gasteiger partial charge in [-0.1, -0.05) is 0 Å². The van der Waals surface area contributed by atoms with Gasteiger partial charge in [0, 0.05) is 31.1 Å². The summed E-state index contributed by atoms with van der Waals surface area (Å²) in [6.07, 6.45) is 1.74. The van der Waals surface area contributed by atoms with Crippen LogP contribution in [0.2, 0.25) is 0 Å². The topological polar surface area (TPSA) is 59.0 Å². The van der Waals surface area contributed by atoms with Gasteiger partial charge < -0.3 is 10.6 Å². The van der Waals surface area contributed by atoms with E-state index >= 15 is 0 Å². The fourth-order valence-corrected chi connectivity index (χ4v) is 1.60. The molecule has 20 heavy (non-hydrogen) atoms. The van der Waals surface area contributed by atoms with Crippen molar-refractivity contribution in [2.75, 3.05) is 10.6 Å². The van der Waals surface area contributed by atoms with Gasteiger partial charge in [-0.15, -0.1) is 0 Å². The van der Waals surface area contributed by atoms with E-state index in [-0.39, 0.29) is 11.6 Å². The minimum Gasteiger partial charge on any atom is -0.357 e. The van der Waals surface area contributed by atoms with Crippen LogP contribution in [0, 0.1) is 11.6 Å². The number of aromatic nitrogens is 2. The Morgan fingerprint density at radius 2 is 2.05 bits per heavy atom. The lowest BCUT2D eigenvalue weighted by atomic mass is 10.2. The lowest BCUT2D eigenvalue weighted by molar-refractivity contribution is -0.116. The second kappa shape index (κ2) is 5.68. The molecule has 1 amide bonds. The standard InChI is InChI=1S/C13H14F2N4O/c1-8(16-12-5-6-19(2)18-12)13(20)17-9-3-4-10(14)11(15)7-9/h3-8H,1-2H3,(H,16,18)(H,17,20). The summed E-state index contributed by atoms with van der Waals surface area (Å²) in [5, 5.41) is 9.47. The number of aryl methyl sites for hydroxylation is 1. The fourth-order valence-electron chi connectivity index (χ4n) is 1.60. The maximum Gasteiger partial charge on any atom is 0.246 e. The van der Waals surface area contributed by atoms with Gasteiger partial charge in [0.2, 0.25) is 5.91 Å². The number of amides is 1. The third-order valence-electron chi connectivity index (χ3n) is 2.66. The summed E-state index contributed by atoms with van der Waals surface area (Å²) < 4.78 is 27.4. The third-order valence-corrected chi connectivity index (χ3v) is 2.66. The molecule has 106 valence electrons. The van der Waals surface area contributed by atoms with Crippen molar-refractivity contribution in [3.05, 3.63) is 42.1 Å². The molecule has 1 aromatic heterocycles. The zero-order chi connectivity index (χ0) is 14.7. The molecule has 0 radical (unpaired) electrons. The van der Waals surface area contributed by atoms with Gasteiger partial charge in [-0.2, -0.15) is 5.10 Å². The maximum atomic E-state index is 13.0. The maximum absolute atomic E-state index is 13.0. The van der Waals surface area contributed by atoms with Crippen LogP contribution in [-0.4, -0.2) is 21.7 Å². The van der Waals surface area contributed by atoms with Crippen LogP contribution in [0.1, 0.15) is 6.92 Å². The van der Waals surface area contributed by atoms with Gasteiger partial charge in [-0.25, -0.2) is 8.78 Å². The molecule has 2 rings (SSSR count). The van der Waals surface area contributed by atoms with Crippen molar-refractivity contribution in [1.29, 1.82) is 0 Å². The number of nitrogens with zero attached hydrogens (tertiary/aromatic N) is 2. The molecule has 0 saturated heterocycles. The highest BCUT2D eigenvalue weighted by atomic mass is 19.2. The minimum atomic E-state index is -1.01. The average molecular weight is 280 g/mol. The zero-order valence-corrected chi connectivity index (χ0v) is 11.0. The lowest BCUT2D eigenvalue weighted by Gasteiger charge is -2.13. The normalized spacial score (nSPS) is 12.0. The molecule has 1 unspecified atom stereocenters. The first-order valence-corrected chi connectivity index (χ1v) is 5.98. The number of hydrogen-bond donors (Lipinski definition) is 2. The summed E-state index contributed by atoms with van der Waals surface area (Å²) in [7, 11) is 1.76. The van der Waals surface area contributed by atoms with Crippen molar-refractivity contribution in [1.82, 2.24) is 9.78 Å². The van der Waals surface area contributed by atoms with Gasteiger partial charge in [0.25, 0.3) is 0 Å². The highest BCUT2D eigenvalue weighted by molar-refractivity contribution is 5.96. The second-order valence-electron chi connectivity index (χ2n) is 4.36. The molecule has 2 aromatic rings. The van der Waals surface area contributed by atoms with Crippen LogP contribution in [-0.2, 0) is 11.8 Å². The van der Waals surface area contributed by atoms with Crippen molar-refractivity contribution in [3.63, 3.8) is 0 Å². The summed E-state index contributed by atoms with van der Waals surface area (Å²) in [6.45, 7) is 1.64. The minimum absolute atomic E-state index is 0.198. The van der Waals surface area contributed by atoms with E-state index < -0.39 is 17.7 Å². The Hall–Kier alpha value is -2.44. The first-order chi connectivity index (χ1) is 9.45. The van der Waals surface area contributed by atoms with Crippen molar-refractivity contribution >= 4 is 17.4 Å². The molecule has 1 heterocycles. The Bertz CT molecular complexity index is 627. The molecule has 7 heteroatoms. The fraction of sp³-hybridized carbons (Fsp3) is 0.231. The first-order valence-electron chi connectivity index (χ1n) is 5.98. The molecule has 0 aliphatic heterocycles. The molecular formula is C13H14F2N4O. The van der Waals surface area contributed by atoms with Crippen LogP contribution in [0.25, 0.3) is 0 Å². The number of carbonyl (C=O) groups excluding carboxylic acids is 1. The van der Waals surface area contributed by atoms with Crippen LogP contribution in [0.15, 0.2) is 30.5 Å². The predicted molar refractivity (Wildman–Crippen MR) is 71.3 cm³/mol. The molecule has 2 N–H and O–H groups in total. The average Bonchev–Trinajstić information content (AvgIpc) is 2.79. The lowest BCUT2D eigenvalue weighted by Crippen LogP contribution is -2.32. The molecule has 0 spiro atoms. The number of benzene rings is 1. The molecule has 0 fully saturated rings. The largest absolute Gasteiger partial charge is 0.357 e. The summed E-state index contributed by atoms with van der Waals surface area (Å²) in [4.78, 5) is 11.9. The van der Waals surface area contributed by atoms with Crippen molar-refractivity contribution in [3.8, 4) is 0 Å². The van der Waals surface area contributed by atoms with Crippen molar-refractivity contribution in [2.24, 2.45) is 7.05 Å². The van der Waals surface area contributed by atoms with E-state index in [9.17, 15) is 13.6 Å². The highest BCUT2D eigenvalue weighted by Crippen LogP contribution is 2.13. The van der Waals surface area contributed by atoms with E-state index in [0.29, 0.717) is 5.82 Å². The van der Waals surface area contributed by atoms with Crippen molar-refractivity contribution in [2.45, 2.75) is 13.0 Å². The third kappa shape index (κ3) is 3.31.